The van der Waals surface area contributed by atoms with Crippen molar-refractivity contribution in [2.24, 2.45) is 5.92 Å². The second kappa shape index (κ2) is 7.74. The molecule has 2 N–H and O–H groups in total. The summed E-state index contributed by atoms with van der Waals surface area (Å²) in [4.78, 5) is 21.9. The average molecular weight is 332 g/mol. The van der Waals surface area contributed by atoms with Gasteiger partial charge < -0.3 is 9.52 Å². The molecule has 7 heteroatoms. The van der Waals surface area contributed by atoms with Gasteiger partial charge in [-0.25, -0.2) is 0 Å². The van der Waals surface area contributed by atoms with Gasteiger partial charge in [0.2, 0.25) is 0 Å². The Labute approximate surface area is 139 Å². The number of hydrogen-bond acceptors (Lipinski definition) is 5. The lowest BCUT2D eigenvalue weighted by molar-refractivity contribution is -0.384. The fraction of sp³-hybridized carbons (Fsp3) is 0.353. The molecule has 2 aromatic rings. The molecule has 0 spiro atoms. The second-order valence-corrected chi connectivity index (χ2v) is 5.94. The molecule has 2 rings (SSSR count). The summed E-state index contributed by atoms with van der Waals surface area (Å²) in [6.07, 6.45) is 0.507. The van der Waals surface area contributed by atoms with Gasteiger partial charge in [0.1, 0.15) is 17.6 Å². The number of rotatable bonds is 8. The molecular weight excluding hydrogens is 312 g/mol. The molecule has 0 amide bonds. The SMILES string of the molecule is CC(C)C[C@H](NCc1ccc(-c2ccccc2[N+](=O)[O-])o1)C(=O)O. The van der Waals surface area contributed by atoms with Crippen LogP contribution in [0.1, 0.15) is 26.0 Å². The van der Waals surface area contributed by atoms with Gasteiger partial charge in [0.05, 0.1) is 17.0 Å². The number of nitrogens with zero attached hydrogens (tertiary/aromatic N) is 1. The predicted molar refractivity (Wildman–Crippen MR) is 88.5 cm³/mol. The third-order valence-corrected chi connectivity index (χ3v) is 3.56. The minimum atomic E-state index is -0.908. The lowest BCUT2D eigenvalue weighted by Gasteiger charge is -2.15. The Hall–Kier alpha value is -2.67. The number of hydrogen-bond donors (Lipinski definition) is 2. The van der Waals surface area contributed by atoms with E-state index in [2.05, 4.69) is 5.32 Å². The Morgan fingerprint density at radius 1 is 1.29 bits per heavy atom. The van der Waals surface area contributed by atoms with Crippen molar-refractivity contribution >= 4 is 11.7 Å². The highest BCUT2D eigenvalue weighted by atomic mass is 16.6. The number of carboxylic acids is 1. The van der Waals surface area contributed by atoms with Gasteiger partial charge in [0.15, 0.2) is 0 Å². The van der Waals surface area contributed by atoms with Crippen molar-refractivity contribution in [3.05, 3.63) is 52.3 Å². The summed E-state index contributed by atoms with van der Waals surface area (Å²) in [5.41, 5.74) is 0.361. The number of nitrogens with one attached hydrogen (secondary N) is 1. The molecule has 0 saturated carbocycles. The molecule has 0 aliphatic carbocycles. The van der Waals surface area contributed by atoms with Gasteiger partial charge in [-0.3, -0.25) is 20.2 Å². The highest BCUT2D eigenvalue weighted by molar-refractivity contribution is 5.73. The Balaban J connectivity index is 2.11. The number of aliphatic carboxylic acids is 1. The minimum absolute atomic E-state index is 0.0328. The Kier molecular flexibility index (Phi) is 5.70. The first-order valence-corrected chi connectivity index (χ1v) is 7.67. The van der Waals surface area contributed by atoms with Crippen LogP contribution in [-0.2, 0) is 11.3 Å². The van der Waals surface area contributed by atoms with Crippen molar-refractivity contribution in [2.75, 3.05) is 0 Å². The van der Waals surface area contributed by atoms with E-state index in [1.807, 2.05) is 13.8 Å². The van der Waals surface area contributed by atoms with Crippen molar-refractivity contribution in [3.8, 4) is 11.3 Å². The topological polar surface area (TPSA) is 106 Å². The lowest BCUT2D eigenvalue weighted by Crippen LogP contribution is -2.37. The fourth-order valence-electron chi connectivity index (χ4n) is 2.43. The van der Waals surface area contributed by atoms with Gasteiger partial charge >= 0.3 is 5.97 Å². The van der Waals surface area contributed by atoms with Crippen LogP contribution in [-0.4, -0.2) is 22.0 Å². The zero-order valence-corrected chi connectivity index (χ0v) is 13.6. The Morgan fingerprint density at radius 3 is 2.62 bits per heavy atom. The maximum atomic E-state index is 11.2. The van der Waals surface area contributed by atoms with Crippen LogP contribution in [0.2, 0.25) is 0 Å². The van der Waals surface area contributed by atoms with Crippen LogP contribution < -0.4 is 5.32 Å². The molecule has 0 aliphatic rings. The van der Waals surface area contributed by atoms with Crippen LogP contribution in [0.5, 0.6) is 0 Å². The number of nitro groups is 1. The number of furan rings is 1. The van der Waals surface area contributed by atoms with Crippen LogP contribution in [0.4, 0.5) is 5.69 Å². The molecular formula is C17H20N2O5. The number of carbonyl (C=O) groups is 1. The predicted octanol–water partition coefficient (Wildman–Crippen LogP) is 3.44. The van der Waals surface area contributed by atoms with Crippen molar-refractivity contribution in [1.29, 1.82) is 0 Å². The third kappa shape index (κ3) is 4.42. The Morgan fingerprint density at radius 2 is 2.00 bits per heavy atom. The lowest BCUT2D eigenvalue weighted by atomic mass is 10.0. The molecule has 1 heterocycles. The van der Waals surface area contributed by atoms with E-state index in [-0.39, 0.29) is 18.2 Å². The maximum Gasteiger partial charge on any atom is 0.320 e. The number of benzene rings is 1. The van der Waals surface area contributed by atoms with E-state index in [0.717, 1.165) is 0 Å². The zero-order chi connectivity index (χ0) is 17.7. The molecule has 128 valence electrons. The van der Waals surface area contributed by atoms with Gasteiger partial charge in [-0.2, -0.15) is 0 Å². The minimum Gasteiger partial charge on any atom is -0.480 e. The number of nitro benzene ring substituents is 1. The number of carboxylic acid groups (broad SMARTS) is 1. The maximum absolute atomic E-state index is 11.2. The highest BCUT2D eigenvalue weighted by Crippen LogP contribution is 2.30. The van der Waals surface area contributed by atoms with E-state index in [9.17, 15) is 20.0 Å². The molecule has 1 aromatic heterocycles. The summed E-state index contributed by atoms with van der Waals surface area (Å²) in [6, 6.07) is 9.00. The normalized spacial score (nSPS) is 12.3. The van der Waals surface area contributed by atoms with Gasteiger partial charge in [-0.1, -0.05) is 26.0 Å². The van der Waals surface area contributed by atoms with E-state index in [1.54, 1.807) is 30.3 Å². The van der Waals surface area contributed by atoms with Crippen molar-refractivity contribution < 1.29 is 19.2 Å². The summed E-state index contributed by atoms with van der Waals surface area (Å²) < 4.78 is 5.64. The summed E-state index contributed by atoms with van der Waals surface area (Å²) in [5, 5.41) is 23.2. The van der Waals surface area contributed by atoms with Crippen LogP contribution in [0.15, 0.2) is 40.8 Å². The van der Waals surface area contributed by atoms with Gasteiger partial charge in [-0.05, 0) is 30.5 Å². The molecule has 0 fully saturated rings. The summed E-state index contributed by atoms with van der Waals surface area (Å²) in [6.45, 7) is 4.15. The monoisotopic (exact) mass is 332 g/mol. The zero-order valence-electron chi connectivity index (χ0n) is 13.6. The van der Waals surface area contributed by atoms with Crippen molar-refractivity contribution in [2.45, 2.75) is 32.9 Å². The molecule has 24 heavy (non-hydrogen) atoms. The Bertz CT molecular complexity index is 723. The fourth-order valence-corrected chi connectivity index (χ4v) is 2.43. The highest BCUT2D eigenvalue weighted by Gasteiger charge is 2.20. The van der Waals surface area contributed by atoms with E-state index in [1.165, 1.54) is 6.07 Å². The molecule has 0 saturated heterocycles. The molecule has 0 bridgehead atoms. The van der Waals surface area contributed by atoms with Crippen LogP contribution in [0.3, 0.4) is 0 Å². The molecule has 0 radical (unpaired) electrons. The van der Waals surface area contributed by atoms with Crippen molar-refractivity contribution in [3.63, 3.8) is 0 Å². The van der Waals surface area contributed by atoms with Gasteiger partial charge in [0.25, 0.3) is 5.69 Å². The first-order chi connectivity index (χ1) is 11.4. The molecule has 7 nitrogen and oxygen atoms in total. The summed E-state index contributed by atoms with van der Waals surface area (Å²) in [5.74, 6) is 0.250. The quantitative estimate of drug-likeness (QED) is 0.566. The number of para-hydroxylation sites is 1. The van der Waals surface area contributed by atoms with Crippen LogP contribution in [0, 0.1) is 16.0 Å². The van der Waals surface area contributed by atoms with E-state index < -0.39 is 16.9 Å². The summed E-state index contributed by atoms with van der Waals surface area (Å²) in [7, 11) is 0. The smallest absolute Gasteiger partial charge is 0.320 e. The van der Waals surface area contributed by atoms with Gasteiger partial charge in [-0.15, -0.1) is 0 Å². The largest absolute Gasteiger partial charge is 0.480 e. The van der Waals surface area contributed by atoms with Crippen LogP contribution >= 0.6 is 0 Å². The van der Waals surface area contributed by atoms with E-state index >= 15 is 0 Å². The molecule has 0 unspecified atom stereocenters. The first-order valence-electron chi connectivity index (χ1n) is 7.67. The van der Waals surface area contributed by atoms with Gasteiger partial charge in [0, 0.05) is 6.07 Å². The van der Waals surface area contributed by atoms with E-state index in [0.29, 0.717) is 23.5 Å². The van der Waals surface area contributed by atoms with E-state index in [4.69, 9.17) is 4.42 Å². The average Bonchev–Trinajstić information content (AvgIpc) is 2.99. The third-order valence-electron chi connectivity index (χ3n) is 3.56. The van der Waals surface area contributed by atoms with Crippen LogP contribution in [0.25, 0.3) is 11.3 Å². The first kappa shape index (κ1) is 17.7. The summed E-state index contributed by atoms with van der Waals surface area (Å²) >= 11 is 0. The molecule has 1 aromatic carbocycles. The molecule has 1 atom stereocenters. The molecule has 0 aliphatic heterocycles. The standard InChI is InChI=1S/C17H20N2O5/c1-11(2)9-14(17(20)21)18-10-12-7-8-16(24-12)13-5-3-4-6-15(13)19(22)23/h3-8,11,14,18H,9-10H2,1-2H3,(H,20,21)/t14-/m0/s1. The second-order valence-electron chi connectivity index (χ2n) is 5.94. The van der Waals surface area contributed by atoms with Crippen molar-refractivity contribution in [1.82, 2.24) is 5.32 Å².